The Labute approximate surface area is 170 Å². The monoisotopic (exact) mass is 435 g/mol. The number of hydrogen-bond donors (Lipinski definition) is 2. The smallest absolute Gasteiger partial charge is 0.263 e. The van der Waals surface area contributed by atoms with Crippen LogP contribution in [0, 0.1) is 5.82 Å². The average molecular weight is 436 g/mol. The van der Waals surface area contributed by atoms with Gasteiger partial charge in [-0.1, -0.05) is 41.4 Å². The Hall–Kier alpha value is -2.61. The minimum atomic E-state index is -4.10. The highest BCUT2D eigenvalue weighted by Crippen LogP contribution is 2.34. The van der Waals surface area contributed by atoms with Gasteiger partial charge in [0.15, 0.2) is 0 Å². The van der Waals surface area contributed by atoms with Crippen LogP contribution in [-0.4, -0.2) is 18.6 Å². The quantitative estimate of drug-likeness (QED) is 0.445. The van der Waals surface area contributed by atoms with Crippen LogP contribution in [0.5, 0.6) is 0 Å². The molecule has 0 aliphatic rings. The summed E-state index contributed by atoms with van der Waals surface area (Å²) in [6, 6.07) is 13.6. The van der Waals surface area contributed by atoms with E-state index < -0.39 is 15.8 Å². The summed E-state index contributed by atoms with van der Waals surface area (Å²) in [4.78, 5) is -0.194. The highest BCUT2D eigenvalue weighted by Gasteiger charge is 2.21. The number of fused-ring (bicyclic) bond motifs is 1. The maximum atomic E-state index is 13.9. The average Bonchev–Trinajstić information content (AvgIpc) is 3.11. The van der Waals surface area contributed by atoms with E-state index in [9.17, 15) is 12.8 Å². The van der Waals surface area contributed by atoms with Crippen molar-refractivity contribution < 1.29 is 12.8 Å². The maximum absolute atomic E-state index is 13.9. The van der Waals surface area contributed by atoms with Gasteiger partial charge in [0, 0.05) is 10.9 Å². The highest BCUT2D eigenvalue weighted by molar-refractivity contribution is 7.92. The second kappa shape index (κ2) is 7.09. The van der Waals surface area contributed by atoms with E-state index in [4.69, 9.17) is 23.2 Å². The first-order chi connectivity index (χ1) is 13.3. The number of halogens is 3. The molecule has 4 rings (SSSR count). The lowest BCUT2D eigenvalue weighted by molar-refractivity contribution is 0.601. The first kappa shape index (κ1) is 18.7. The fourth-order valence-electron chi connectivity index (χ4n) is 2.85. The van der Waals surface area contributed by atoms with Crippen molar-refractivity contribution in [2.45, 2.75) is 4.90 Å². The molecule has 1 heterocycles. The number of benzene rings is 3. The zero-order valence-electron chi connectivity index (χ0n) is 14.1. The fraction of sp³-hybridized carbons (Fsp3) is 0. The van der Waals surface area contributed by atoms with Gasteiger partial charge in [-0.2, -0.15) is 5.10 Å². The number of nitrogens with one attached hydrogen (secondary N) is 2. The standard InChI is InChI=1S/C19H12Cl2FN3O2S/c20-15-2-1-3-18(19(15)21)28(26,27)25-17-9-13(22)6-7-14(17)11-4-5-12-10-23-24-16(12)8-11/h1-10,25H,(H,23,24). The summed E-state index contributed by atoms with van der Waals surface area (Å²) in [6.45, 7) is 0. The van der Waals surface area contributed by atoms with Crippen molar-refractivity contribution in [1.29, 1.82) is 0 Å². The Morgan fingerprint density at radius 3 is 2.68 bits per heavy atom. The van der Waals surface area contributed by atoms with E-state index >= 15 is 0 Å². The van der Waals surface area contributed by atoms with E-state index in [-0.39, 0.29) is 20.6 Å². The van der Waals surface area contributed by atoms with Crippen LogP contribution < -0.4 is 4.72 Å². The van der Waals surface area contributed by atoms with E-state index in [0.29, 0.717) is 11.1 Å². The third-order valence-corrected chi connectivity index (χ3v) is 6.52. The van der Waals surface area contributed by atoms with Gasteiger partial charge in [-0.25, -0.2) is 12.8 Å². The van der Waals surface area contributed by atoms with Crippen molar-refractivity contribution in [1.82, 2.24) is 10.2 Å². The lowest BCUT2D eigenvalue weighted by Gasteiger charge is -2.14. The molecular weight excluding hydrogens is 424 g/mol. The van der Waals surface area contributed by atoms with E-state index in [2.05, 4.69) is 14.9 Å². The molecule has 2 N–H and O–H groups in total. The lowest BCUT2D eigenvalue weighted by Crippen LogP contribution is -2.14. The molecule has 0 bridgehead atoms. The zero-order valence-corrected chi connectivity index (χ0v) is 16.4. The van der Waals surface area contributed by atoms with Gasteiger partial charge in [-0.05, 0) is 42.0 Å². The normalized spacial score (nSPS) is 11.7. The first-order valence-corrected chi connectivity index (χ1v) is 10.3. The molecule has 9 heteroatoms. The van der Waals surface area contributed by atoms with E-state index in [0.717, 1.165) is 17.0 Å². The Balaban J connectivity index is 1.81. The molecule has 28 heavy (non-hydrogen) atoms. The lowest BCUT2D eigenvalue weighted by atomic mass is 10.0. The van der Waals surface area contributed by atoms with Crippen molar-refractivity contribution >= 4 is 49.8 Å². The third-order valence-electron chi connectivity index (χ3n) is 4.18. The van der Waals surface area contributed by atoms with Crippen LogP contribution in [0.3, 0.4) is 0 Å². The molecule has 0 amide bonds. The molecule has 0 radical (unpaired) electrons. The van der Waals surface area contributed by atoms with Gasteiger partial charge >= 0.3 is 0 Å². The summed E-state index contributed by atoms with van der Waals surface area (Å²) < 4.78 is 42.0. The Bertz CT molecular complexity index is 1310. The van der Waals surface area contributed by atoms with Gasteiger partial charge in [-0.15, -0.1) is 0 Å². The van der Waals surface area contributed by atoms with Crippen LogP contribution in [0.4, 0.5) is 10.1 Å². The van der Waals surface area contributed by atoms with Crippen LogP contribution >= 0.6 is 23.2 Å². The third kappa shape index (κ3) is 3.44. The van der Waals surface area contributed by atoms with Crippen LogP contribution in [0.25, 0.3) is 22.0 Å². The number of rotatable bonds is 4. The summed E-state index contributed by atoms with van der Waals surface area (Å²) in [7, 11) is -4.10. The Morgan fingerprint density at radius 2 is 1.86 bits per heavy atom. The number of H-pyrrole nitrogens is 1. The summed E-state index contributed by atoms with van der Waals surface area (Å²) >= 11 is 12.0. The van der Waals surface area contributed by atoms with Crippen molar-refractivity contribution in [2.75, 3.05) is 4.72 Å². The molecule has 1 aromatic heterocycles. The summed E-state index contributed by atoms with van der Waals surface area (Å²) in [6.07, 6.45) is 1.68. The molecule has 0 aliphatic heterocycles. The van der Waals surface area contributed by atoms with Gasteiger partial charge in [0.1, 0.15) is 10.7 Å². The SMILES string of the molecule is O=S(=O)(Nc1cc(F)ccc1-c1ccc2cn[nH]c2c1)c1cccc(Cl)c1Cl. The number of aromatic amines is 1. The van der Waals surface area contributed by atoms with Crippen LogP contribution in [0.15, 0.2) is 65.7 Å². The zero-order chi connectivity index (χ0) is 19.9. The molecular formula is C19H12Cl2FN3O2S. The second-order valence-corrected chi connectivity index (χ2v) is 8.46. The van der Waals surface area contributed by atoms with Crippen LogP contribution in [-0.2, 0) is 10.0 Å². The molecule has 0 aliphatic carbocycles. The number of sulfonamides is 1. The van der Waals surface area contributed by atoms with Gasteiger partial charge < -0.3 is 0 Å². The molecule has 0 unspecified atom stereocenters. The van der Waals surface area contributed by atoms with Gasteiger partial charge in [0.05, 0.1) is 27.4 Å². The molecule has 0 spiro atoms. The van der Waals surface area contributed by atoms with Crippen LogP contribution in [0.1, 0.15) is 0 Å². The van der Waals surface area contributed by atoms with Gasteiger partial charge in [0.25, 0.3) is 10.0 Å². The minimum Gasteiger partial charge on any atom is -0.279 e. The van der Waals surface area contributed by atoms with Crippen molar-refractivity contribution in [2.24, 2.45) is 0 Å². The van der Waals surface area contributed by atoms with E-state index in [1.807, 2.05) is 6.07 Å². The van der Waals surface area contributed by atoms with Crippen LogP contribution in [0.2, 0.25) is 10.0 Å². The summed E-state index contributed by atoms with van der Waals surface area (Å²) in [5, 5.41) is 7.72. The largest absolute Gasteiger partial charge is 0.279 e. The second-order valence-electron chi connectivity index (χ2n) is 6.02. The highest BCUT2D eigenvalue weighted by atomic mass is 35.5. The topological polar surface area (TPSA) is 74.8 Å². The number of nitrogens with zero attached hydrogens (tertiary/aromatic N) is 1. The van der Waals surface area contributed by atoms with Crippen molar-refractivity contribution in [3.8, 4) is 11.1 Å². The molecule has 4 aromatic rings. The fourth-order valence-corrected chi connectivity index (χ4v) is 4.68. The molecule has 0 saturated heterocycles. The number of hydrogen-bond acceptors (Lipinski definition) is 3. The summed E-state index contributed by atoms with van der Waals surface area (Å²) in [5.41, 5.74) is 2.04. The van der Waals surface area contributed by atoms with Gasteiger partial charge in [0.2, 0.25) is 0 Å². The Morgan fingerprint density at radius 1 is 1.04 bits per heavy atom. The number of anilines is 1. The number of aromatic nitrogens is 2. The summed E-state index contributed by atoms with van der Waals surface area (Å²) in [5.74, 6) is -0.582. The van der Waals surface area contributed by atoms with Crippen molar-refractivity contribution in [3.63, 3.8) is 0 Å². The van der Waals surface area contributed by atoms with E-state index in [1.165, 1.54) is 30.3 Å². The minimum absolute atomic E-state index is 0.0786. The van der Waals surface area contributed by atoms with E-state index in [1.54, 1.807) is 18.3 Å². The predicted octanol–water partition coefficient (Wildman–Crippen LogP) is 5.48. The van der Waals surface area contributed by atoms with Crippen molar-refractivity contribution in [3.05, 3.63) is 76.7 Å². The predicted molar refractivity (Wildman–Crippen MR) is 109 cm³/mol. The molecule has 0 saturated carbocycles. The molecule has 5 nitrogen and oxygen atoms in total. The maximum Gasteiger partial charge on any atom is 0.263 e. The molecule has 3 aromatic carbocycles. The first-order valence-electron chi connectivity index (χ1n) is 8.05. The Kier molecular flexibility index (Phi) is 4.74. The van der Waals surface area contributed by atoms with Gasteiger partial charge in [-0.3, -0.25) is 9.82 Å². The molecule has 0 fully saturated rings. The molecule has 0 atom stereocenters. The molecule has 142 valence electrons.